The minimum atomic E-state index is -0.0306. The molecule has 1 aromatic carbocycles. The van der Waals surface area contributed by atoms with Crippen molar-refractivity contribution in [2.24, 2.45) is 5.92 Å². The van der Waals surface area contributed by atoms with E-state index in [4.69, 9.17) is 4.74 Å². The fourth-order valence-electron chi connectivity index (χ4n) is 1.53. The van der Waals surface area contributed by atoms with Crippen LogP contribution in [0.5, 0.6) is 0 Å². The molecule has 0 amide bonds. The largest absolute Gasteiger partial charge is 0.461 e. The summed E-state index contributed by atoms with van der Waals surface area (Å²) in [6, 6.07) is 8.20. The van der Waals surface area contributed by atoms with Crippen molar-refractivity contribution >= 4 is 5.97 Å². The molecular weight excluding hydrogens is 188 g/mol. The molecule has 2 nitrogen and oxygen atoms in total. The second-order valence-electron chi connectivity index (χ2n) is 4.06. The molecular formula is C13H16O2. The average Bonchev–Trinajstić information content (AvgIpc) is 3.10. The Hall–Kier alpha value is -1.31. The third-order valence-corrected chi connectivity index (χ3v) is 2.69. The van der Waals surface area contributed by atoms with Gasteiger partial charge in [0.05, 0.1) is 5.92 Å². The van der Waals surface area contributed by atoms with Gasteiger partial charge in [-0.25, -0.2) is 0 Å². The molecule has 1 saturated carbocycles. The van der Waals surface area contributed by atoms with E-state index in [0.717, 1.165) is 24.8 Å². The normalized spacial score (nSPS) is 15.0. The lowest BCUT2D eigenvalue weighted by molar-refractivity contribution is -0.146. The van der Waals surface area contributed by atoms with Gasteiger partial charge in [-0.2, -0.15) is 0 Å². The second kappa shape index (κ2) is 4.47. The standard InChI is InChI=1S/C13H16O2/c1-2-10-4-3-5-11(8-10)9-15-13(14)12-6-7-12/h3-5,8,12H,2,6-7,9H2,1H3. The molecule has 0 heterocycles. The summed E-state index contributed by atoms with van der Waals surface area (Å²) < 4.78 is 5.21. The Balaban J connectivity index is 1.89. The summed E-state index contributed by atoms with van der Waals surface area (Å²) in [7, 11) is 0. The molecule has 0 saturated heterocycles. The van der Waals surface area contributed by atoms with Crippen LogP contribution in [0.2, 0.25) is 0 Å². The maximum absolute atomic E-state index is 11.3. The van der Waals surface area contributed by atoms with Crippen LogP contribution in [0.1, 0.15) is 30.9 Å². The van der Waals surface area contributed by atoms with Crippen molar-refractivity contribution in [1.29, 1.82) is 0 Å². The second-order valence-corrected chi connectivity index (χ2v) is 4.06. The molecule has 0 N–H and O–H groups in total. The Labute approximate surface area is 90.3 Å². The fourth-order valence-corrected chi connectivity index (χ4v) is 1.53. The molecule has 1 aliphatic carbocycles. The summed E-state index contributed by atoms with van der Waals surface area (Å²) in [5, 5.41) is 0. The van der Waals surface area contributed by atoms with Gasteiger partial charge in [-0.1, -0.05) is 31.2 Å². The molecule has 0 aromatic heterocycles. The van der Waals surface area contributed by atoms with E-state index in [2.05, 4.69) is 19.1 Å². The Morgan fingerprint density at radius 2 is 2.13 bits per heavy atom. The SMILES string of the molecule is CCc1cccc(COC(=O)C2CC2)c1. The number of benzene rings is 1. The lowest BCUT2D eigenvalue weighted by atomic mass is 10.1. The van der Waals surface area contributed by atoms with Crippen LogP contribution in [-0.2, 0) is 22.6 Å². The number of hydrogen-bond donors (Lipinski definition) is 0. The summed E-state index contributed by atoms with van der Waals surface area (Å²) >= 11 is 0. The monoisotopic (exact) mass is 204 g/mol. The van der Waals surface area contributed by atoms with E-state index in [1.165, 1.54) is 5.56 Å². The lowest BCUT2D eigenvalue weighted by Gasteiger charge is -2.05. The number of hydrogen-bond acceptors (Lipinski definition) is 2. The zero-order valence-electron chi connectivity index (χ0n) is 9.03. The van der Waals surface area contributed by atoms with Crippen molar-refractivity contribution in [2.45, 2.75) is 32.8 Å². The predicted octanol–water partition coefficient (Wildman–Crippen LogP) is 2.70. The zero-order valence-corrected chi connectivity index (χ0v) is 9.03. The smallest absolute Gasteiger partial charge is 0.309 e. The minimum absolute atomic E-state index is 0.0306. The van der Waals surface area contributed by atoms with E-state index in [9.17, 15) is 4.79 Å². The van der Waals surface area contributed by atoms with Gasteiger partial charge >= 0.3 is 5.97 Å². The molecule has 80 valence electrons. The molecule has 15 heavy (non-hydrogen) atoms. The van der Waals surface area contributed by atoms with Crippen LogP contribution in [0.25, 0.3) is 0 Å². The van der Waals surface area contributed by atoms with Gasteiger partial charge in [-0.15, -0.1) is 0 Å². The summed E-state index contributed by atoms with van der Waals surface area (Å²) in [5.41, 5.74) is 2.37. The van der Waals surface area contributed by atoms with E-state index in [-0.39, 0.29) is 11.9 Å². The van der Waals surface area contributed by atoms with Crippen molar-refractivity contribution in [2.75, 3.05) is 0 Å². The van der Waals surface area contributed by atoms with Crippen molar-refractivity contribution in [3.8, 4) is 0 Å². The molecule has 0 unspecified atom stereocenters. The number of carbonyl (C=O) groups excluding carboxylic acids is 1. The highest BCUT2D eigenvalue weighted by molar-refractivity contribution is 5.74. The van der Waals surface area contributed by atoms with Gasteiger partial charge in [0.1, 0.15) is 6.61 Å². The summed E-state index contributed by atoms with van der Waals surface area (Å²) in [5.74, 6) is 0.163. The Morgan fingerprint density at radius 1 is 1.40 bits per heavy atom. The van der Waals surface area contributed by atoms with Crippen molar-refractivity contribution in [1.82, 2.24) is 0 Å². The van der Waals surface area contributed by atoms with Crippen molar-refractivity contribution in [3.05, 3.63) is 35.4 Å². The van der Waals surface area contributed by atoms with Crippen LogP contribution < -0.4 is 0 Å². The highest BCUT2D eigenvalue weighted by Gasteiger charge is 2.31. The number of aryl methyl sites for hydroxylation is 1. The predicted molar refractivity (Wildman–Crippen MR) is 58.3 cm³/mol. The topological polar surface area (TPSA) is 26.3 Å². The average molecular weight is 204 g/mol. The maximum atomic E-state index is 11.3. The minimum Gasteiger partial charge on any atom is -0.461 e. The molecule has 0 atom stereocenters. The van der Waals surface area contributed by atoms with Crippen LogP contribution in [0, 0.1) is 5.92 Å². The number of ether oxygens (including phenoxy) is 1. The van der Waals surface area contributed by atoms with Crippen LogP contribution in [-0.4, -0.2) is 5.97 Å². The molecule has 1 aromatic rings. The molecule has 1 fully saturated rings. The molecule has 2 heteroatoms. The summed E-state index contributed by atoms with van der Waals surface area (Å²) in [4.78, 5) is 11.3. The first-order valence-corrected chi connectivity index (χ1v) is 5.54. The third kappa shape index (κ3) is 2.82. The highest BCUT2D eigenvalue weighted by Crippen LogP contribution is 2.30. The van der Waals surface area contributed by atoms with E-state index in [1.807, 2.05) is 12.1 Å². The van der Waals surface area contributed by atoms with Gasteiger partial charge in [0.15, 0.2) is 0 Å². The van der Waals surface area contributed by atoms with Gasteiger partial charge in [-0.3, -0.25) is 4.79 Å². The molecule has 1 aliphatic rings. The molecule has 0 radical (unpaired) electrons. The summed E-state index contributed by atoms with van der Waals surface area (Å²) in [6.45, 7) is 2.54. The van der Waals surface area contributed by atoms with Crippen LogP contribution in [0.3, 0.4) is 0 Å². The molecule has 0 aliphatic heterocycles. The lowest BCUT2D eigenvalue weighted by Crippen LogP contribution is -2.06. The van der Waals surface area contributed by atoms with E-state index < -0.39 is 0 Å². The van der Waals surface area contributed by atoms with Crippen LogP contribution >= 0.6 is 0 Å². The Kier molecular flexibility index (Phi) is 3.05. The van der Waals surface area contributed by atoms with E-state index >= 15 is 0 Å². The number of carbonyl (C=O) groups is 1. The van der Waals surface area contributed by atoms with Crippen molar-refractivity contribution < 1.29 is 9.53 Å². The first kappa shape index (κ1) is 10.2. The molecule has 2 rings (SSSR count). The van der Waals surface area contributed by atoms with E-state index in [0.29, 0.717) is 6.61 Å². The van der Waals surface area contributed by atoms with Gasteiger partial charge < -0.3 is 4.74 Å². The van der Waals surface area contributed by atoms with Gasteiger partial charge in [0, 0.05) is 0 Å². The maximum Gasteiger partial charge on any atom is 0.309 e. The van der Waals surface area contributed by atoms with E-state index in [1.54, 1.807) is 0 Å². The van der Waals surface area contributed by atoms with Gasteiger partial charge in [-0.05, 0) is 30.4 Å². The molecule has 0 bridgehead atoms. The number of rotatable bonds is 4. The molecule has 0 spiro atoms. The quantitative estimate of drug-likeness (QED) is 0.705. The first-order valence-electron chi connectivity index (χ1n) is 5.54. The Bertz CT molecular complexity index is 353. The van der Waals surface area contributed by atoms with Crippen molar-refractivity contribution in [3.63, 3.8) is 0 Å². The van der Waals surface area contributed by atoms with Gasteiger partial charge in [0.2, 0.25) is 0 Å². The van der Waals surface area contributed by atoms with Gasteiger partial charge in [0.25, 0.3) is 0 Å². The Morgan fingerprint density at radius 3 is 2.80 bits per heavy atom. The fraction of sp³-hybridized carbons (Fsp3) is 0.462. The van der Waals surface area contributed by atoms with Crippen LogP contribution in [0.4, 0.5) is 0 Å². The first-order chi connectivity index (χ1) is 7.29. The summed E-state index contributed by atoms with van der Waals surface area (Å²) in [6.07, 6.45) is 3.03. The third-order valence-electron chi connectivity index (χ3n) is 2.69. The highest BCUT2D eigenvalue weighted by atomic mass is 16.5. The number of esters is 1. The van der Waals surface area contributed by atoms with Crippen LogP contribution in [0.15, 0.2) is 24.3 Å². The zero-order chi connectivity index (χ0) is 10.7.